The number of methoxy groups -OCH3 is 2. The van der Waals surface area contributed by atoms with Crippen LogP contribution in [0.2, 0.25) is 0 Å². The van der Waals surface area contributed by atoms with Crippen LogP contribution in [0.5, 0.6) is 11.5 Å². The van der Waals surface area contributed by atoms with Crippen LogP contribution in [0.1, 0.15) is 39.7 Å². The van der Waals surface area contributed by atoms with Crippen molar-refractivity contribution in [1.29, 1.82) is 0 Å². The molecule has 2 atom stereocenters. The molecule has 0 aliphatic rings. The summed E-state index contributed by atoms with van der Waals surface area (Å²) in [7, 11) is 3.06. The zero-order valence-electron chi connectivity index (χ0n) is 15.6. The van der Waals surface area contributed by atoms with Crippen molar-refractivity contribution in [3.63, 3.8) is 0 Å². The molecule has 0 saturated heterocycles. The van der Waals surface area contributed by atoms with E-state index in [4.69, 9.17) is 14.2 Å². The van der Waals surface area contributed by atoms with Crippen molar-refractivity contribution in [1.82, 2.24) is 5.32 Å². The number of carboxylic acid groups (broad SMARTS) is 1. The lowest BCUT2D eigenvalue weighted by Crippen LogP contribution is -2.46. The van der Waals surface area contributed by atoms with Gasteiger partial charge in [-0.25, -0.2) is 9.59 Å². The number of hydrogen-bond donors (Lipinski definition) is 2. The van der Waals surface area contributed by atoms with Gasteiger partial charge in [-0.1, -0.05) is 20.3 Å². The highest BCUT2D eigenvalue weighted by Crippen LogP contribution is 2.32. The molecule has 140 valence electrons. The lowest BCUT2D eigenvalue weighted by atomic mass is 9.97. The second-order valence-electron chi connectivity index (χ2n) is 6.35. The molecule has 0 aromatic heterocycles. The van der Waals surface area contributed by atoms with Gasteiger partial charge in [0.15, 0.2) is 0 Å². The minimum Gasteiger partial charge on any atom is -0.497 e. The Balaban J connectivity index is 2.96. The fourth-order valence-corrected chi connectivity index (χ4v) is 2.29. The SMILES string of the molecule is CC[C@H](C)[C@H](NC(=O)OC(C)(C)c1cc(OC)cc(OC)c1)C(=O)O. The molecule has 0 aliphatic carbocycles. The Hall–Kier alpha value is -2.44. The number of amides is 1. The molecule has 7 nitrogen and oxygen atoms in total. The van der Waals surface area contributed by atoms with Crippen LogP contribution < -0.4 is 14.8 Å². The van der Waals surface area contributed by atoms with E-state index in [2.05, 4.69) is 5.32 Å². The first-order chi connectivity index (χ1) is 11.6. The molecule has 2 N–H and O–H groups in total. The number of benzene rings is 1. The van der Waals surface area contributed by atoms with Gasteiger partial charge in [-0.2, -0.15) is 0 Å². The number of nitrogens with one attached hydrogen (secondary N) is 1. The maximum absolute atomic E-state index is 12.2. The van der Waals surface area contributed by atoms with Crippen molar-refractivity contribution in [3.8, 4) is 11.5 Å². The fraction of sp³-hybridized carbons (Fsp3) is 0.556. The largest absolute Gasteiger partial charge is 0.497 e. The molecular weight excluding hydrogens is 326 g/mol. The van der Waals surface area contributed by atoms with Gasteiger partial charge in [-0.05, 0) is 31.9 Å². The van der Waals surface area contributed by atoms with E-state index in [1.165, 1.54) is 14.2 Å². The van der Waals surface area contributed by atoms with E-state index in [1.807, 2.05) is 6.92 Å². The van der Waals surface area contributed by atoms with E-state index in [9.17, 15) is 14.7 Å². The van der Waals surface area contributed by atoms with Crippen LogP contribution in [0.15, 0.2) is 18.2 Å². The van der Waals surface area contributed by atoms with Crippen LogP contribution >= 0.6 is 0 Å². The summed E-state index contributed by atoms with van der Waals surface area (Å²) in [5.74, 6) is -0.180. The van der Waals surface area contributed by atoms with Gasteiger partial charge in [-0.15, -0.1) is 0 Å². The number of rotatable bonds is 8. The third-order valence-electron chi connectivity index (χ3n) is 4.15. The first kappa shape index (κ1) is 20.6. The average Bonchev–Trinajstić information content (AvgIpc) is 2.57. The molecule has 0 bridgehead atoms. The molecular formula is C18H27NO6. The van der Waals surface area contributed by atoms with Gasteiger partial charge in [0.2, 0.25) is 0 Å². The highest BCUT2D eigenvalue weighted by Gasteiger charge is 2.31. The minimum atomic E-state index is -1.09. The maximum atomic E-state index is 12.2. The molecule has 0 radical (unpaired) electrons. The van der Waals surface area contributed by atoms with E-state index >= 15 is 0 Å². The molecule has 7 heteroatoms. The predicted octanol–water partition coefficient (Wildman–Crippen LogP) is 3.16. The number of carbonyl (C=O) groups excluding carboxylic acids is 1. The first-order valence-electron chi connectivity index (χ1n) is 8.10. The summed E-state index contributed by atoms with van der Waals surface area (Å²) in [5, 5.41) is 11.7. The molecule has 1 rings (SSSR count). The van der Waals surface area contributed by atoms with E-state index in [-0.39, 0.29) is 5.92 Å². The van der Waals surface area contributed by atoms with Gasteiger partial charge in [0.05, 0.1) is 14.2 Å². The quantitative estimate of drug-likeness (QED) is 0.745. The van der Waals surface area contributed by atoms with E-state index < -0.39 is 23.7 Å². The number of hydrogen-bond acceptors (Lipinski definition) is 5. The highest BCUT2D eigenvalue weighted by molar-refractivity contribution is 5.80. The van der Waals surface area contributed by atoms with Crippen molar-refractivity contribution in [2.75, 3.05) is 14.2 Å². The highest BCUT2D eigenvalue weighted by atomic mass is 16.6. The predicted molar refractivity (Wildman–Crippen MR) is 93.1 cm³/mol. The van der Waals surface area contributed by atoms with Crippen LogP contribution in [0, 0.1) is 5.92 Å². The zero-order chi connectivity index (χ0) is 19.2. The van der Waals surface area contributed by atoms with Crippen molar-refractivity contribution < 1.29 is 28.9 Å². The normalized spacial score (nSPS) is 13.5. The molecule has 0 unspecified atom stereocenters. The van der Waals surface area contributed by atoms with Crippen molar-refractivity contribution >= 4 is 12.1 Å². The second kappa shape index (κ2) is 8.60. The lowest BCUT2D eigenvalue weighted by Gasteiger charge is -2.28. The van der Waals surface area contributed by atoms with Crippen LogP contribution in [-0.4, -0.2) is 37.4 Å². The molecule has 0 spiro atoms. The third kappa shape index (κ3) is 5.55. The lowest BCUT2D eigenvalue weighted by molar-refractivity contribution is -0.140. The first-order valence-corrected chi connectivity index (χ1v) is 8.10. The smallest absolute Gasteiger partial charge is 0.408 e. The van der Waals surface area contributed by atoms with Crippen molar-refractivity contribution in [2.24, 2.45) is 5.92 Å². The topological polar surface area (TPSA) is 94.1 Å². The van der Waals surface area contributed by atoms with Crippen LogP contribution in [0.4, 0.5) is 4.79 Å². The Bertz CT molecular complexity index is 591. The van der Waals surface area contributed by atoms with Crippen molar-refractivity contribution in [3.05, 3.63) is 23.8 Å². The van der Waals surface area contributed by atoms with Crippen molar-refractivity contribution in [2.45, 2.75) is 45.8 Å². The Morgan fingerprint density at radius 1 is 1.16 bits per heavy atom. The Morgan fingerprint density at radius 2 is 1.68 bits per heavy atom. The molecule has 1 aromatic rings. The van der Waals surface area contributed by atoms with Gasteiger partial charge >= 0.3 is 12.1 Å². The third-order valence-corrected chi connectivity index (χ3v) is 4.15. The van der Waals surface area contributed by atoms with Gasteiger partial charge in [0.25, 0.3) is 0 Å². The fourth-order valence-electron chi connectivity index (χ4n) is 2.29. The summed E-state index contributed by atoms with van der Waals surface area (Å²) in [6.45, 7) is 7.04. The standard InChI is InChI=1S/C18H27NO6/c1-7-11(2)15(16(20)21)19-17(22)25-18(3,4)12-8-13(23-5)10-14(9-12)24-6/h8-11,15H,7H2,1-6H3,(H,19,22)(H,20,21)/t11-,15-/m0/s1. The molecule has 0 aliphatic heterocycles. The maximum Gasteiger partial charge on any atom is 0.408 e. The van der Waals surface area contributed by atoms with Crippen LogP contribution in [-0.2, 0) is 15.1 Å². The zero-order valence-corrected chi connectivity index (χ0v) is 15.6. The summed E-state index contributed by atoms with van der Waals surface area (Å²) in [4.78, 5) is 23.6. The number of aliphatic carboxylic acids is 1. The number of carboxylic acids is 1. The summed E-state index contributed by atoms with van der Waals surface area (Å²) in [6, 6.07) is 4.18. The Labute approximate surface area is 148 Å². The van der Waals surface area contributed by atoms with E-state index in [0.29, 0.717) is 23.5 Å². The van der Waals surface area contributed by atoms with Crippen LogP contribution in [0.25, 0.3) is 0 Å². The molecule has 1 aromatic carbocycles. The van der Waals surface area contributed by atoms with Gasteiger partial charge < -0.3 is 24.6 Å². The van der Waals surface area contributed by atoms with Gasteiger partial charge in [-0.3, -0.25) is 0 Å². The van der Waals surface area contributed by atoms with Gasteiger partial charge in [0, 0.05) is 11.6 Å². The molecule has 0 saturated carbocycles. The summed E-state index contributed by atoms with van der Waals surface area (Å²) in [5.41, 5.74) is -0.348. The van der Waals surface area contributed by atoms with E-state index in [0.717, 1.165) is 0 Å². The molecule has 25 heavy (non-hydrogen) atoms. The molecule has 0 fully saturated rings. The Morgan fingerprint density at radius 3 is 2.08 bits per heavy atom. The summed E-state index contributed by atoms with van der Waals surface area (Å²) < 4.78 is 15.9. The van der Waals surface area contributed by atoms with Crippen LogP contribution in [0.3, 0.4) is 0 Å². The number of alkyl carbamates (subject to hydrolysis) is 1. The minimum absolute atomic E-state index is 0.218. The number of ether oxygens (including phenoxy) is 3. The molecule has 1 amide bonds. The second-order valence-corrected chi connectivity index (χ2v) is 6.35. The molecule has 0 heterocycles. The monoisotopic (exact) mass is 353 g/mol. The average molecular weight is 353 g/mol. The van der Waals surface area contributed by atoms with E-state index in [1.54, 1.807) is 39.0 Å². The summed E-state index contributed by atoms with van der Waals surface area (Å²) in [6.07, 6.45) is -0.173. The number of carbonyl (C=O) groups is 2. The summed E-state index contributed by atoms with van der Waals surface area (Å²) >= 11 is 0. The Kier molecular flexibility index (Phi) is 7.09. The van der Waals surface area contributed by atoms with Gasteiger partial charge in [0.1, 0.15) is 23.1 Å².